The average Bonchev–Trinajstić information content (AvgIpc) is 3.02. The van der Waals surface area contributed by atoms with E-state index in [1.807, 2.05) is 0 Å². The fourth-order valence-corrected chi connectivity index (χ4v) is 7.31. The first-order valence-corrected chi connectivity index (χ1v) is 15.5. The lowest BCUT2D eigenvalue weighted by molar-refractivity contribution is 0.252. The number of aryl methyl sites for hydroxylation is 1. The molecule has 0 radical (unpaired) electrons. The maximum atomic E-state index is 5.69. The van der Waals surface area contributed by atoms with Crippen molar-refractivity contribution in [3.8, 4) is 24.7 Å². The second-order valence-electron chi connectivity index (χ2n) is 12.3. The number of benzene rings is 3. The van der Waals surface area contributed by atoms with Crippen LogP contribution in [0.25, 0.3) is 0 Å². The minimum Gasteiger partial charge on any atom is -0.120 e. The first-order chi connectivity index (χ1) is 19.6. The summed E-state index contributed by atoms with van der Waals surface area (Å²) in [5.41, 5.74) is 8.15. The predicted molar refractivity (Wildman–Crippen MR) is 170 cm³/mol. The van der Waals surface area contributed by atoms with Gasteiger partial charge in [-0.3, -0.25) is 0 Å². The Hall–Kier alpha value is -3.48. The van der Waals surface area contributed by atoms with Crippen LogP contribution in [0.1, 0.15) is 97.4 Å². The van der Waals surface area contributed by atoms with Gasteiger partial charge in [-0.05, 0) is 123 Å². The molecule has 1 atom stereocenters. The first kappa shape index (κ1) is 28.1. The largest absolute Gasteiger partial charge is 0.120 e. The first-order valence-electron chi connectivity index (χ1n) is 15.5. The van der Waals surface area contributed by atoms with Gasteiger partial charge in [-0.2, -0.15) is 0 Å². The summed E-state index contributed by atoms with van der Waals surface area (Å²) in [5, 5.41) is 0. The number of terminal acetylenes is 2. The van der Waals surface area contributed by atoms with E-state index in [2.05, 4.69) is 90.7 Å². The predicted octanol–water partition coefficient (Wildman–Crippen LogP) is 9.90. The monoisotopic (exact) mass is 524 g/mol. The maximum Gasteiger partial charge on any atom is 0.0242 e. The maximum absolute atomic E-state index is 5.69. The smallest absolute Gasteiger partial charge is 0.0242 e. The molecule has 2 aliphatic carbocycles. The third-order valence-electron chi connectivity index (χ3n) is 9.76. The van der Waals surface area contributed by atoms with Gasteiger partial charge < -0.3 is 0 Å². The summed E-state index contributed by atoms with van der Waals surface area (Å²) in [6.45, 7) is 4.72. The molecule has 40 heavy (non-hydrogen) atoms. The quantitative estimate of drug-likeness (QED) is 0.193. The van der Waals surface area contributed by atoms with E-state index in [-0.39, 0.29) is 0 Å². The summed E-state index contributed by atoms with van der Waals surface area (Å²) in [7, 11) is 0. The Labute approximate surface area is 243 Å². The van der Waals surface area contributed by atoms with E-state index in [1.165, 1.54) is 79.2 Å². The van der Waals surface area contributed by atoms with Crippen molar-refractivity contribution in [2.45, 2.75) is 82.5 Å². The number of rotatable bonds is 9. The van der Waals surface area contributed by atoms with Crippen LogP contribution in [0.5, 0.6) is 0 Å². The van der Waals surface area contributed by atoms with Crippen molar-refractivity contribution in [2.75, 3.05) is 0 Å². The lowest BCUT2D eigenvalue weighted by Gasteiger charge is -2.36. The molecule has 0 saturated heterocycles. The van der Waals surface area contributed by atoms with E-state index in [0.717, 1.165) is 30.7 Å². The van der Waals surface area contributed by atoms with Gasteiger partial charge in [0.15, 0.2) is 0 Å². The molecule has 0 N–H and O–H groups in total. The Morgan fingerprint density at radius 2 is 1.43 bits per heavy atom. The second kappa shape index (κ2) is 13.7. The molecule has 3 aromatic rings. The highest BCUT2D eigenvalue weighted by Gasteiger charge is 2.31. The van der Waals surface area contributed by atoms with Gasteiger partial charge in [0.2, 0.25) is 0 Å². The standard InChI is InChI=1S/C40H44/c1-4-31-13-15-34(16-14-31)29-35-19-23-38(24-20-35)40(30(3)11-12-33-9-7-6-8-10-33)39-27-25-37(26-28-39)36-21-17-32(5-2)18-22-36/h1-2,6-10,13-16,25-28,32,35-36,38,40H,3,11-12,17-24,29H2. The molecule has 5 rings (SSSR count). The van der Waals surface area contributed by atoms with E-state index in [0.29, 0.717) is 23.7 Å². The highest BCUT2D eigenvalue weighted by molar-refractivity contribution is 5.35. The molecule has 204 valence electrons. The van der Waals surface area contributed by atoms with Crippen molar-refractivity contribution in [1.29, 1.82) is 0 Å². The molecule has 0 spiro atoms. The van der Waals surface area contributed by atoms with Gasteiger partial charge in [-0.1, -0.05) is 84.8 Å². The molecule has 0 amide bonds. The van der Waals surface area contributed by atoms with Crippen LogP contribution in [-0.4, -0.2) is 0 Å². The summed E-state index contributed by atoms with van der Waals surface area (Å²) < 4.78 is 0. The van der Waals surface area contributed by atoms with Crippen molar-refractivity contribution in [2.24, 2.45) is 17.8 Å². The summed E-state index contributed by atoms with van der Waals surface area (Å²) in [6.07, 6.45) is 24.4. The minimum absolute atomic E-state index is 0.436. The van der Waals surface area contributed by atoms with Crippen molar-refractivity contribution in [3.05, 3.63) is 119 Å². The summed E-state index contributed by atoms with van der Waals surface area (Å²) >= 11 is 0. The molecule has 1 unspecified atom stereocenters. The summed E-state index contributed by atoms with van der Waals surface area (Å²) in [5.74, 6) is 8.70. The Morgan fingerprint density at radius 1 is 0.750 bits per heavy atom. The van der Waals surface area contributed by atoms with Crippen LogP contribution in [0, 0.1) is 42.4 Å². The Balaban J connectivity index is 1.26. The lowest BCUT2D eigenvalue weighted by atomic mass is 9.69. The van der Waals surface area contributed by atoms with Crippen molar-refractivity contribution in [1.82, 2.24) is 0 Å². The molecule has 0 aliphatic heterocycles. The van der Waals surface area contributed by atoms with E-state index >= 15 is 0 Å². The van der Waals surface area contributed by atoms with E-state index in [9.17, 15) is 0 Å². The van der Waals surface area contributed by atoms with Crippen molar-refractivity contribution in [3.63, 3.8) is 0 Å². The van der Waals surface area contributed by atoms with Crippen molar-refractivity contribution < 1.29 is 0 Å². The van der Waals surface area contributed by atoms with Gasteiger partial charge in [0.1, 0.15) is 0 Å². The van der Waals surface area contributed by atoms with Crippen LogP contribution in [-0.2, 0) is 12.8 Å². The summed E-state index contributed by atoms with van der Waals surface area (Å²) in [4.78, 5) is 0. The fraction of sp³-hybridized carbons (Fsp3) is 0.400. The van der Waals surface area contributed by atoms with Gasteiger partial charge in [-0.25, -0.2) is 0 Å². The third kappa shape index (κ3) is 7.18. The highest BCUT2D eigenvalue weighted by atomic mass is 14.4. The normalized spacial score (nSPS) is 23.4. The van der Waals surface area contributed by atoms with Gasteiger partial charge in [0.05, 0.1) is 0 Å². The van der Waals surface area contributed by atoms with Crippen LogP contribution >= 0.6 is 0 Å². The van der Waals surface area contributed by atoms with Crippen molar-refractivity contribution >= 4 is 0 Å². The molecule has 2 aliphatic rings. The minimum atomic E-state index is 0.436. The molecule has 0 aromatic heterocycles. The van der Waals surface area contributed by atoms with Crippen LogP contribution < -0.4 is 0 Å². The Morgan fingerprint density at radius 3 is 2.05 bits per heavy atom. The molecule has 0 nitrogen and oxygen atoms in total. The van der Waals surface area contributed by atoms with Gasteiger partial charge in [0.25, 0.3) is 0 Å². The molecule has 3 aromatic carbocycles. The van der Waals surface area contributed by atoms with Gasteiger partial charge in [0, 0.05) is 17.4 Å². The van der Waals surface area contributed by atoms with E-state index in [4.69, 9.17) is 19.4 Å². The topological polar surface area (TPSA) is 0 Å². The van der Waals surface area contributed by atoms with Gasteiger partial charge >= 0.3 is 0 Å². The van der Waals surface area contributed by atoms with Crippen LogP contribution in [0.3, 0.4) is 0 Å². The zero-order valence-electron chi connectivity index (χ0n) is 24.0. The van der Waals surface area contributed by atoms with Gasteiger partial charge in [-0.15, -0.1) is 18.8 Å². The Bertz CT molecular complexity index is 1300. The molecular formula is C40H44. The Kier molecular flexibility index (Phi) is 9.63. The number of allylic oxidation sites excluding steroid dienone is 1. The zero-order chi connectivity index (χ0) is 27.7. The average molecular weight is 525 g/mol. The number of hydrogen-bond donors (Lipinski definition) is 0. The molecular weight excluding hydrogens is 480 g/mol. The van der Waals surface area contributed by atoms with Crippen LogP contribution in [0.15, 0.2) is 91.0 Å². The molecule has 2 fully saturated rings. The van der Waals surface area contributed by atoms with Crippen LogP contribution in [0.4, 0.5) is 0 Å². The summed E-state index contributed by atoms with van der Waals surface area (Å²) in [6, 6.07) is 29.2. The van der Waals surface area contributed by atoms with Crippen LogP contribution in [0.2, 0.25) is 0 Å². The molecule has 0 heterocycles. The molecule has 0 bridgehead atoms. The molecule has 0 heteroatoms. The molecule has 2 saturated carbocycles. The zero-order valence-corrected chi connectivity index (χ0v) is 24.0. The second-order valence-corrected chi connectivity index (χ2v) is 12.3. The van der Waals surface area contributed by atoms with E-state index < -0.39 is 0 Å². The highest BCUT2D eigenvalue weighted by Crippen LogP contribution is 2.44. The third-order valence-corrected chi connectivity index (χ3v) is 9.76. The fourth-order valence-electron chi connectivity index (χ4n) is 7.31. The number of hydrogen-bond acceptors (Lipinski definition) is 0. The SMILES string of the molecule is C#Cc1ccc(CC2CCC(C(C(=C)CCc3ccccc3)c3ccc(C4CCC(C#C)CC4)cc3)CC2)cc1. The lowest BCUT2D eigenvalue weighted by Crippen LogP contribution is -2.23. The van der Waals surface area contributed by atoms with E-state index in [1.54, 1.807) is 0 Å².